The number of piperidine rings is 1. The summed E-state index contributed by atoms with van der Waals surface area (Å²) in [4.78, 5) is 18.6. The zero-order valence-corrected chi connectivity index (χ0v) is 12.9. The third kappa shape index (κ3) is 2.23. The van der Waals surface area contributed by atoms with Gasteiger partial charge in [-0.2, -0.15) is 0 Å². The van der Waals surface area contributed by atoms with Gasteiger partial charge in [0.25, 0.3) is 0 Å². The smallest absolute Gasteiger partial charge is 0.220 e. The van der Waals surface area contributed by atoms with E-state index in [1.807, 2.05) is 6.07 Å². The molecule has 1 amide bonds. The Hall–Kier alpha value is -2.10. The molecule has 1 N–H and O–H groups in total. The number of fused-ring (bicyclic) bond motifs is 1. The van der Waals surface area contributed by atoms with Crippen LogP contribution in [0.15, 0.2) is 30.3 Å². The SMILES string of the molecule is Cc1cc(N2CCC3(CC2)CNC(=O)C3)c2ccccc2n1. The van der Waals surface area contributed by atoms with Crippen LogP contribution in [0, 0.1) is 12.3 Å². The van der Waals surface area contributed by atoms with Crippen LogP contribution < -0.4 is 10.2 Å². The van der Waals surface area contributed by atoms with Gasteiger partial charge in [-0.1, -0.05) is 18.2 Å². The number of carbonyl (C=O) groups excluding carboxylic acids is 1. The number of carbonyl (C=O) groups is 1. The van der Waals surface area contributed by atoms with E-state index in [0.29, 0.717) is 6.42 Å². The molecule has 0 saturated carbocycles. The fourth-order valence-corrected chi connectivity index (χ4v) is 3.87. The Morgan fingerprint density at radius 1 is 1.23 bits per heavy atom. The number of benzene rings is 1. The van der Waals surface area contributed by atoms with E-state index >= 15 is 0 Å². The molecule has 2 aliphatic rings. The van der Waals surface area contributed by atoms with Crippen molar-refractivity contribution in [3.63, 3.8) is 0 Å². The lowest BCUT2D eigenvalue weighted by atomic mass is 9.77. The summed E-state index contributed by atoms with van der Waals surface area (Å²) in [7, 11) is 0. The molecule has 1 aromatic heterocycles. The van der Waals surface area contributed by atoms with Crippen LogP contribution in [-0.2, 0) is 4.79 Å². The van der Waals surface area contributed by atoms with Crippen molar-refractivity contribution >= 4 is 22.5 Å². The number of nitrogens with zero attached hydrogens (tertiary/aromatic N) is 2. The van der Waals surface area contributed by atoms with E-state index in [-0.39, 0.29) is 11.3 Å². The number of pyridine rings is 1. The highest BCUT2D eigenvalue weighted by Crippen LogP contribution is 2.39. The van der Waals surface area contributed by atoms with Gasteiger partial charge in [-0.25, -0.2) is 0 Å². The zero-order chi connectivity index (χ0) is 15.2. The topological polar surface area (TPSA) is 45.2 Å². The van der Waals surface area contributed by atoms with Gasteiger partial charge < -0.3 is 10.2 Å². The number of anilines is 1. The monoisotopic (exact) mass is 295 g/mol. The van der Waals surface area contributed by atoms with Crippen LogP contribution >= 0.6 is 0 Å². The number of aromatic nitrogens is 1. The van der Waals surface area contributed by atoms with E-state index in [4.69, 9.17) is 0 Å². The number of aryl methyl sites for hydroxylation is 1. The van der Waals surface area contributed by atoms with Gasteiger partial charge in [0.2, 0.25) is 5.91 Å². The fourth-order valence-electron chi connectivity index (χ4n) is 3.87. The van der Waals surface area contributed by atoms with Crippen LogP contribution in [0.25, 0.3) is 10.9 Å². The summed E-state index contributed by atoms with van der Waals surface area (Å²) in [5.74, 6) is 0.221. The molecule has 3 heterocycles. The van der Waals surface area contributed by atoms with Gasteiger partial charge in [-0.05, 0) is 37.3 Å². The Balaban J connectivity index is 1.63. The summed E-state index contributed by atoms with van der Waals surface area (Å²) >= 11 is 0. The van der Waals surface area contributed by atoms with Crippen molar-refractivity contribution in [2.45, 2.75) is 26.2 Å². The Labute approximate surface area is 130 Å². The van der Waals surface area contributed by atoms with Crippen molar-refractivity contribution < 1.29 is 4.79 Å². The minimum absolute atomic E-state index is 0.200. The Morgan fingerprint density at radius 2 is 2.00 bits per heavy atom. The third-order valence-electron chi connectivity index (χ3n) is 5.18. The predicted molar refractivity (Wildman–Crippen MR) is 88.0 cm³/mol. The molecule has 2 aromatic rings. The van der Waals surface area contributed by atoms with Crippen molar-refractivity contribution in [1.29, 1.82) is 0 Å². The second-order valence-electron chi connectivity index (χ2n) is 6.74. The largest absolute Gasteiger partial charge is 0.371 e. The lowest BCUT2D eigenvalue weighted by Crippen LogP contribution is -2.41. The number of amides is 1. The first-order valence-electron chi connectivity index (χ1n) is 8.03. The standard InChI is InChI=1S/C18H21N3O/c1-13-10-16(14-4-2-3-5-15(14)20-13)21-8-6-18(7-9-21)11-17(22)19-12-18/h2-5,10H,6-9,11-12H2,1H3,(H,19,22). The summed E-state index contributed by atoms with van der Waals surface area (Å²) in [6, 6.07) is 10.5. The van der Waals surface area contributed by atoms with Crippen LogP contribution in [0.1, 0.15) is 25.0 Å². The Bertz CT molecular complexity index is 732. The molecule has 0 bridgehead atoms. The quantitative estimate of drug-likeness (QED) is 0.879. The molecule has 0 unspecified atom stereocenters. The van der Waals surface area contributed by atoms with Crippen LogP contribution in [-0.4, -0.2) is 30.5 Å². The highest BCUT2D eigenvalue weighted by molar-refractivity contribution is 5.92. The molecule has 2 aliphatic heterocycles. The van der Waals surface area contributed by atoms with E-state index < -0.39 is 0 Å². The maximum atomic E-state index is 11.6. The first-order chi connectivity index (χ1) is 10.7. The van der Waals surface area contributed by atoms with Crippen LogP contribution in [0.3, 0.4) is 0 Å². The number of hydrogen-bond acceptors (Lipinski definition) is 3. The molecule has 4 heteroatoms. The molecule has 0 radical (unpaired) electrons. The maximum absolute atomic E-state index is 11.6. The Morgan fingerprint density at radius 3 is 2.73 bits per heavy atom. The van der Waals surface area contributed by atoms with Gasteiger partial charge in [0, 0.05) is 42.8 Å². The lowest BCUT2D eigenvalue weighted by molar-refractivity contribution is -0.119. The summed E-state index contributed by atoms with van der Waals surface area (Å²) in [5.41, 5.74) is 3.61. The molecule has 2 saturated heterocycles. The van der Waals surface area contributed by atoms with Crippen molar-refractivity contribution in [2.75, 3.05) is 24.5 Å². The Kier molecular flexibility index (Phi) is 3.06. The van der Waals surface area contributed by atoms with Crippen molar-refractivity contribution in [2.24, 2.45) is 5.41 Å². The third-order valence-corrected chi connectivity index (χ3v) is 5.18. The van der Waals surface area contributed by atoms with Gasteiger partial charge in [0.1, 0.15) is 0 Å². The van der Waals surface area contributed by atoms with Crippen molar-refractivity contribution in [1.82, 2.24) is 10.3 Å². The average molecular weight is 295 g/mol. The molecule has 0 aliphatic carbocycles. The highest BCUT2D eigenvalue weighted by Gasteiger charge is 2.41. The number of para-hydroxylation sites is 1. The molecule has 114 valence electrons. The van der Waals surface area contributed by atoms with E-state index in [9.17, 15) is 4.79 Å². The van der Waals surface area contributed by atoms with Crippen LogP contribution in [0.4, 0.5) is 5.69 Å². The van der Waals surface area contributed by atoms with Crippen LogP contribution in [0.5, 0.6) is 0 Å². The van der Waals surface area contributed by atoms with Gasteiger partial charge in [0.05, 0.1) is 5.52 Å². The van der Waals surface area contributed by atoms with E-state index in [1.165, 1.54) is 11.1 Å². The molecule has 22 heavy (non-hydrogen) atoms. The van der Waals surface area contributed by atoms with Gasteiger partial charge >= 0.3 is 0 Å². The normalized spacial score (nSPS) is 20.6. The van der Waals surface area contributed by atoms with E-state index in [2.05, 4.69) is 46.4 Å². The molecule has 1 spiro atoms. The average Bonchev–Trinajstić information content (AvgIpc) is 2.88. The molecular weight excluding hydrogens is 274 g/mol. The number of nitrogens with one attached hydrogen (secondary N) is 1. The molecular formula is C18H21N3O. The second-order valence-corrected chi connectivity index (χ2v) is 6.74. The minimum Gasteiger partial charge on any atom is -0.371 e. The first kappa shape index (κ1) is 13.6. The number of hydrogen-bond donors (Lipinski definition) is 1. The highest BCUT2D eigenvalue weighted by atomic mass is 16.1. The van der Waals surface area contributed by atoms with Crippen molar-refractivity contribution in [3.05, 3.63) is 36.0 Å². The zero-order valence-electron chi connectivity index (χ0n) is 12.9. The molecule has 1 aromatic carbocycles. The summed E-state index contributed by atoms with van der Waals surface area (Å²) < 4.78 is 0. The lowest BCUT2D eigenvalue weighted by Gasteiger charge is -2.39. The first-order valence-corrected chi connectivity index (χ1v) is 8.03. The van der Waals surface area contributed by atoms with Gasteiger partial charge in [0.15, 0.2) is 0 Å². The van der Waals surface area contributed by atoms with Crippen molar-refractivity contribution in [3.8, 4) is 0 Å². The van der Waals surface area contributed by atoms with E-state index in [1.54, 1.807) is 0 Å². The molecule has 2 fully saturated rings. The summed E-state index contributed by atoms with van der Waals surface area (Å²) in [6.45, 7) is 4.95. The maximum Gasteiger partial charge on any atom is 0.220 e. The second kappa shape index (κ2) is 4.97. The minimum atomic E-state index is 0.200. The van der Waals surface area contributed by atoms with Gasteiger partial charge in [-0.15, -0.1) is 0 Å². The summed E-state index contributed by atoms with van der Waals surface area (Å²) in [5, 5.41) is 4.23. The number of rotatable bonds is 1. The fraction of sp³-hybridized carbons (Fsp3) is 0.444. The molecule has 0 atom stereocenters. The van der Waals surface area contributed by atoms with Gasteiger partial charge in [-0.3, -0.25) is 9.78 Å². The predicted octanol–water partition coefficient (Wildman–Crippen LogP) is 2.65. The van der Waals surface area contributed by atoms with Crippen LogP contribution in [0.2, 0.25) is 0 Å². The van der Waals surface area contributed by atoms with E-state index in [0.717, 1.165) is 43.7 Å². The summed E-state index contributed by atoms with van der Waals surface area (Å²) in [6.07, 6.45) is 2.87. The molecule has 4 nitrogen and oxygen atoms in total. The molecule has 4 rings (SSSR count).